The van der Waals surface area contributed by atoms with Gasteiger partial charge in [0, 0.05) is 6.54 Å². The summed E-state index contributed by atoms with van der Waals surface area (Å²) in [6.07, 6.45) is -1.27. The van der Waals surface area contributed by atoms with Crippen LogP contribution in [0.2, 0.25) is 0 Å². The van der Waals surface area contributed by atoms with Crippen LogP contribution in [0.3, 0.4) is 0 Å². The summed E-state index contributed by atoms with van der Waals surface area (Å²) in [6.45, 7) is 3.31. The molecule has 26 heavy (non-hydrogen) atoms. The number of nitrogens with two attached hydrogens (primary N) is 1. The number of nitrogens with zero attached hydrogens (tertiary/aromatic N) is 1. The molecule has 1 aliphatic heterocycles. The Bertz CT molecular complexity index is 718. The third kappa shape index (κ3) is 4.71. The largest absolute Gasteiger partial charge is 0.482 e. The molecule has 9 heteroatoms. The van der Waals surface area contributed by atoms with Gasteiger partial charge in [-0.25, -0.2) is 4.79 Å². The Morgan fingerprint density at radius 2 is 2.00 bits per heavy atom. The molecule has 0 saturated carbocycles. The Labute approximate surface area is 150 Å². The summed E-state index contributed by atoms with van der Waals surface area (Å²) in [5, 5.41) is 1.90. The van der Waals surface area contributed by atoms with E-state index in [0.29, 0.717) is 11.4 Å². The monoisotopic (exact) mass is 363 g/mol. The fraction of sp³-hybridized carbons (Fsp3) is 0.412. The van der Waals surface area contributed by atoms with Crippen molar-refractivity contribution in [2.75, 3.05) is 18.1 Å². The fourth-order valence-electron chi connectivity index (χ4n) is 2.49. The molecule has 0 unspecified atom stereocenters. The van der Waals surface area contributed by atoms with Crippen LogP contribution in [0.5, 0.6) is 5.75 Å². The molecule has 1 atom stereocenters. The lowest BCUT2D eigenvalue weighted by Gasteiger charge is -2.29. The molecule has 0 saturated heterocycles. The van der Waals surface area contributed by atoms with Crippen LogP contribution in [0.25, 0.3) is 0 Å². The van der Waals surface area contributed by atoms with Crippen LogP contribution < -0.4 is 20.7 Å². The molecule has 9 nitrogen and oxygen atoms in total. The highest BCUT2D eigenvalue weighted by Gasteiger charge is 2.29. The number of benzene rings is 1. The van der Waals surface area contributed by atoms with E-state index in [1.54, 1.807) is 38.1 Å². The first-order valence-electron chi connectivity index (χ1n) is 8.11. The van der Waals surface area contributed by atoms with Gasteiger partial charge < -0.3 is 20.1 Å². The van der Waals surface area contributed by atoms with Gasteiger partial charge in [-0.1, -0.05) is 26.0 Å². The summed E-state index contributed by atoms with van der Waals surface area (Å²) in [5.74, 6) is -1.53. The van der Waals surface area contributed by atoms with Gasteiger partial charge in [-0.15, -0.1) is 0 Å². The Morgan fingerprint density at radius 1 is 1.31 bits per heavy atom. The van der Waals surface area contributed by atoms with Gasteiger partial charge in [0.1, 0.15) is 5.75 Å². The molecule has 1 aliphatic rings. The number of hydrogen-bond acceptors (Lipinski definition) is 6. The summed E-state index contributed by atoms with van der Waals surface area (Å²) in [7, 11) is 0. The van der Waals surface area contributed by atoms with Crippen molar-refractivity contribution in [2.24, 2.45) is 11.7 Å². The summed E-state index contributed by atoms with van der Waals surface area (Å²) in [6, 6.07) is 5.97. The maximum absolute atomic E-state index is 12.1. The predicted molar refractivity (Wildman–Crippen MR) is 91.4 cm³/mol. The highest BCUT2D eigenvalue weighted by Crippen LogP contribution is 2.31. The summed E-state index contributed by atoms with van der Waals surface area (Å²) < 4.78 is 10.5. The maximum atomic E-state index is 12.1. The van der Waals surface area contributed by atoms with Gasteiger partial charge >= 0.3 is 12.0 Å². The van der Waals surface area contributed by atoms with Crippen LogP contribution in [-0.4, -0.2) is 43.1 Å². The van der Waals surface area contributed by atoms with Crippen molar-refractivity contribution in [1.29, 1.82) is 0 Å². The van der Waals surface area contributed by atoms with E-state index in [2.05, 4.69) is 0 Å². The number of esters is 1. The molecular formula is C17H21N3O6. The van der Waals surface area contributed by atoms with Crippen molar-refractivity contribution in [3.8, 4) is 5.75 Å². The number of imide groups is 1. The van der Waals surface area contributed by atoms with Gasteiger partial charge in [0.15, 0.2) is 12.7 Å². The fourth-order valence-corrected chi connectivity index (χ4v) is 2.49. The maximum Gasteiger partial charge on any atom is 0.318 e. The Balaban J connectivity index is 1.98. The van der Waals surface area contributed by atoms with Gasteiger partial charge in [-0.05, 0) is 18.1 Å². The van der Waals surface area contributed by atoms with E-state index in [4.69, 9.17) is 15.2 Å². The van der Waals surface area contributed by atoms with Crippen molar-refractivity contribution in [3.63, 3.8) is 0 Å². The van der Waals surface area contributed by atoms with Crippen molar-refractivity contribution in [3.05, 3.63) is 24.3 Å². The number of ether oxygens (including phenoxy) is 2. The van der Waals surface area contributed by atoms with Crippen molar-refractivity contribution >= 4 is 29.5 Å². The average molecular weight is 363 g/mol. The minimum absolute atomic E-state index is 0.0836. The molecule has 0 aliphatic carbocycles. The van der Waals surface area contributed by atoms with Gasteiger partial charge in [0.05, 0.1) is 12.1 Å². The van der Waals surface area contributed by atoms with Crippen molar-refractivity contribution < 1.29 is 28.7 Å². The van der Waals surface area contributed by atoms with Crippen molar-refractivity contribution in [2.45, 2.75) is 26.4 Å². The lowest BCUT2D eigenvalue weighted by atomic mass is 10.1. The van der Waals surface area contributed by atoms with E-state index in [1.807, 2.05) is 5.32 Å². The number of hydrogen-bond donors (Lipinski definition) is 2. The lowest BCUT2D eigenvalue weighted by Crippen LogP contribution is -2.46. The van der Waals surface area contributed by atoms with Gasteiger partial charge in [-0.2, -0.15) is 0 Å². The molecule has 0 aromatic heterocycles. The molecule has 140 valence electrons. The molecular weight excluding hydrogens is 342 g/mol. The molecule has 0 fully saturated rings. The van der Waals surface area contributed by atoms with Crippen LogP contribution in [0.4, 0.5) is 10.5 Å². The number of urea groups is 1. The number of anilines is 1. The standard InChI is InChI=1S/C17H21N3O6/c1-10(2)15(16(23)19-17(18)24)26-14(22)7-8-20-11-5-3-4-6-12(11)25-9-13(20)21/h3-6,10,15H,7-9H2,1-2H3,(H3,18,19,23,24)/t15-/m0/s1. The second-order valence-corrected chi connectivity index (χ2v) is 6.06. The first-order valence-corrected chi connectivity index (χ1v) is 8.11. The predicted octanol–water partition coefficient (Wildman–Crippen LogP) is 0.565. The minimum atomic E-state index is -1.15. The van der Waals surface area contributed by atoms with Gasteiger partial charge in [0.2, 0.25) is 0 Å². The average Bonchev–Trinajstić information content (AvgIpc) is 2.57. The number of para-hydroxylation sites is 2. The van der Waals surface area contributed by atoms with E-state index >= 15 is 0 Å². The van der Waals surface area contributed by atoms with E-state index in [0.717, 1.165) is 0 Å². The third-order valence-corrected chi connectivity index (χ3v) is 3.72. The van der Waals surface area contributed by atoms with Crippen LogP contribution in [0, 0.1) is 5.92 Å². The SMILES string of the molecule is CC(C)[C@H](OC(=O)CCN1C(=O)COc2ccccc21)C(=O)NC(N)=O. The summed E-state index contributed by atoms with van der Waals surface area (Å²) >= 11 is 0. The van der Waals surface area contributed by atoms with Crippen LogP contribution in [0.15, 0.2) is 24.3 Å². The van der Waals surface area contributed by atoms with E-state index in [-0.39, 0.29) is 31.4 Å². The van der Waals surface area contributed by atoms with Gasteiger partial charge in [0.25, 0.3) is 11.8 Å². The Kier molecular flexibility index (Phi) is 6.16. The Hall–Kier alpha value is -3.10. The summed E-state index contributed by atoms with van der Waals surface area (Å²) in [4.78, 5) is 48.3. The molecule has 1 heterocycles. The second kappa shape index (κ2) is 8.32. The van der Waals surface area contributed by atoms with E-state index in [9.17, 15) is 19.2 Å². The zero-order valence-corrected chi connectivity index (χ0v) is 14.6. The molecule has 2 rings (SSSR count). The third-order valence-electron chi connectivity index (χ3n) is 3.72. The number of amides is 4. The first-order chi connectivity index (χ1) is 12.3. The number of carbonyl (C=O) groups is 4. The number of nitrogens with one attached hydrogen (secondary N) is 1. The number of rotatable bonds is 6. The molecule has 0 spiro atoms. The normalized spacial score (nSPS) is 14.3. The topological polar surface area (TPSA) is 128 Å². The Morgan fingerprint density at radius 3 is 2.65 bits per heavy atom. The minimum Gasteiger partial charge on any atom is -0.482 e. The highest BCUT2D eigenvalue weighted by molar-refractivity contribution is 5.98. The van der Waals surface area contributed by atoms with E-state index in [1.165, 1.54) is 4.90 Å². The molecule has 0 radical (unpaired) electrons. The molecule has 4 amide bonds. The number of fused-ring (bicyclic) bond motifs is 1. The number of carbonyl (C=O) groups excluding carboxylic acids is 4. The first kappa shape index (κ1) is 19.2. The lowest BCUT2D eigenvalue weighted by molar-refractivity contribution is -0.158. The van der Waals surface area contributed by atoms with Crippen molar-refractivity contribution in [1.82, 2.24) is 5.32 Å². The highest BCUT2D eigenvalue weighted by atomic mass is 16.5. The second-order valence-electron chi connectivity index (χ2n) is 6.06. The van der Waals surface area contributed by atoms with Crippen LogP contribution >= 0.6 is 0 Å². The number of primary amides is 1. The molecule has 3 N–H and O–H groups in total. The molecule has 1 aromatic carbocycles. The van der Waals surface area contributed by atoms with Gasteiger partial charge in [-0.3, -0.25) is 19.7 Å². The molecule has 1 aromatic rings. The zero-order valence-electron chi connectivity index (χ0n) is 14.6. The smallest absolute Gasteiger partial charge is 0.318 e. The van der Waals surface area contributed by atoms with Crippen LogP contribution in [-0.2, 0) is 19.1 Å². The summed E-state index contributed by atoms with van der Waals surface area (Å²) in [5.41, 5.74) is 5.48. The van der Waals surface area contributed by atoms with Crippen LogP contribution in [0.1, 0.15) is 20.3 Å². The molecule has 0 bridgehead atoms. The van der Waals surface area contributed by atoms with E-state index < -0.39 is 24.0 Å². The zero-order chi connectivity index (χ0) is 19.3. The quantitative estimate of drug-likeness (QED) is 0.711.